The molecule has 4 nitrogen and oxygen atoms in total. The lowest BCUT2D eigenvalue weighted by molar-refractivity contribution is 0.127. The molecule has 0 aromatic carbocycles. The minimum Gasteiger partial charge on any atom is -0.316 e. The molecule has 2 rings (SSSR count). The van der Waals surface area contributed by atoms with Gasteiger partial charge in [0.1, 0.15) is 0 Å². The highest BCUT2D eigenvalue weighted by Gasteiger charge is 2.60. The summed E-state index contributed by atoms with van der Waals surface area (Å²) in [6.45, 7) is 10.0. The SMILES string of the molecule is CCNCCS(=O)(=O)NC1C2(C)CCC(C2)C1(C)C. The topological polar surface area (TPSA) is 58.2 Å². The Hall–Kier alpha value is -0.130. The number of hydrogen-bond acceptors (Lipinski definition) is 3. The van der Waals surface area contributed by atoms with Gasteiger partial charge in [0, 0.05) is 12.6 Å². The standard InChI is InChI=1S/C14H28N2O2S/c1-5-15-8-9-19(17,18)16-12-13(2,3)11-6-7-14(12,4)10-11/h11-12,15-16H,5-10H2,1-4H3. The molecule has 0 aromatic heterocycles. The van der Waals surface area contributed by atoms with Gasteiger partial charge in [0.2, 0.25) is 10.0 Å². The molecule has 19 heavy (non-hydrogen) atoms. The monoisotopic (exact) mass is 288 g/mol. The Morgan fingerprint density at radius 2 is 1.95 bits per heavy atom. The maximum atomic E-state index is 12.2. The Labute approximate surface area is 117 Å². The molecule has 3 atom stereocenters. The molecular formula is C14H28N2O2S. The van der Waals surface area contributed by atoms with E-state index in [4.69, 9.17) is 0 Å². The Balaban J connectivity index is 2.06. The van der Waals surface area contributed by atoms with Crippen molar-refractivity contribution in [3.05, 3.63) is 0 Å². The number of fused-ring (bicyclic) bond motifs is 2. The summed E-state index contributed by atoms with van der Waals surface area (Å²) in [4.78, 5) is 0. The van der Waals surface area contributed by atoms with E-state index in [1.807, 2.05) is 6.92 Å². The van der Waals surface area contributed by atoms with E-state index in [0.717, 1.165) is 13.0 Å². The molecule has 0 spiro atoms. The van der Waals surface area contributed by atoms with Crippen LogP contribution in [0.3, 0.4) is 0 Å². The van der Waals surface area contributed by atoms with Crippen molar-refractivity contribution in [1.29, 1.82) is 0 Å². The Morgan fingerprint density at radius 3 is 2.47 bits per heavy atom. The maximum Gasteiger partial charge on any atom is 0.213 e. The van der Waals surface area contributed by atoms with E-state index in [2.05, 4.69) is 30.8 Å². The third-order valence-corrected chi connectivity index (χ3v) is 6.70. The van der Waals surface area contributed by atoms with Crippen LogP contribution in [0.15, 0.2) is 0 Å². The van der Waals surface area contributed by atoms with Crippen LogP contribution in [0.25, 0.3) is 0 Å². The van der Waals surface area contributed by atoms with Crippen molar-refractivity contribution in [1.82, 2.24) is 10.0 Å². The summed E-state index contributed by atoms with van der Waals surface area (Å²) in [5.41, 5.74) is 0.234. The van der Waals surface area contributed by atoms with Crippen LogP contribution in [0.1, 0.15) is 47.0 Å². The average Bonchev–Trinajstić information content (AvgIpc) is 2.76. The largest absolute Gasteiger partial charge is 0.316 e. The predicted octanol–water partition coefficient (Wildman–Crippen LogP) is 1.73. The van der Waals surface area contributed by atoms with Crippen molar-refractivity contribution in [3.63, 3.8) is 0 Å². The second kappa shape index (κ2) is 5.01. The number of hydrogen-bond donors (Lipinski definition) is 2. The highest BCUT2D eigenvalue weighted by atomic mass is 32.2. The summed E-state index contributed by atoms with van der Waals surface area (Å²) >= 11 is 0. The van der Waals surface area contributed by atoms with Gasteiger partial charge in [-0.25, -0.2) is 13.1 Å². The Kier molecular flexibility index (Phi) is 4.02. The van der Waals surface area contributed by atoms with Gasteiger partial charge in [-0.3, -0.25) is 0 Å². The van der Waals surface area contributed by atoms with E-state index in [1.165, 1.54) is 12.8 Å². The first-order valence-corrected chi connectivity index (χ1v) is 9.07. The first-order valence-electron chi connectivity index (χ1n) is 7.42. The molecule has 2 bridgehead atoms. The van der Waals surface area contributed by atoms with E-state index in [-0.39, 0.29) is 22.6 Å². The van der Waals surface area contributed by atoms with Crippen LogP contribution < -0.4 is 10.0 Å². The molecule has 2 saturated carbocycles. The number of sulfonamides is 1. The summed E-state index contributed by atoms with van der Waals surface area (Å²) in [5, 5.41) is 3.07. The average molecular weight is 288 g/mol. The van der Waals surface area contributed by atoms with Crippen LogP contribution in [0, 0.1) is 16.7 Å². The zero-order chi connectivity index (χ0) is 14.3. The van der Waals surface area contributed by atoms with Crippen LogP contribution in [0.4, 0.5) is 0 Å². The molecule has 0 saturated heterocycles. The smallest absolute Gasteiger partial charge is 0.213 e. The number of rotatable bonds is 6. The summed E-state index contributed by atoms with van der Waals surface area (Å²) in [6.07, 6.45) is 3.57. The molecule has 2 aliphatic rings. The third kappa shape index (κ3) is 2.83. The maximum absolute atomic E-state index is 12.2. The fourth-order valence-corrected chi connectivity index (χ4v) is 5.70. The normalized spacial score (nSPS) is 36.8. The molecule has 2 fully saturated rings. The zero-order valence-electron chi connectivity index (χ0n) is 12.6. The van der Waals surface area contributed by atoms with Gasteiger partial charge in [-0.15, -0.1) is 0 Å². The van der Waals surface area contributed by atoms with Gasteiger partial charge < -0.3 is 5.32 Å². The second-order valence-corrected chi connectivity index (χ2v) is 9.01. The third-order valence-electron chi connectivity index (χ3n) is 5.36. The molecule has 2 aliphatic carbocycles. The summed E-state index contributed by atoms with van der Waals surface area (Å²) in [7, 11) is -3.18. The van der Waals surface area contributed by atoms with Gasteiger partial charge in [0.05, 0.1) is 5.75 Å². The highest BCUT2D eigenvalue weighted by Crippen LogP contribution is 2.62. The van der Waals surface area contributed by atoms with Gasteiger partial charge in [-0.1, -0.05) is 27.7 Å². The van der Waals surface area contributed by atoms with Crippen LogP contribution in [0.5, 0.6) is 0 Å². The molecule has 0 radical (unpaired) electrons. The molecule has 0 heterocycles. The van der Waals surface area contributed by atoms with Crippen LogP contribution in [-0.4, -0.2) is 33.3 Å². The number of nitrogens with one attached hydrogen (secondary N) is 2. The Morgan fingerprint density at radius 1 is 1.26 bits per heavy atom. The van der Waals surface area contributed by atoms with Crippen LogP contribution >= 0.6 is 0 Å². The van der Waals surface area contributed by atoms with Crippen LogP contribution in [0.2, 0.25) is 0 Å². The molecular weight excluding hydrogens is 260 g/mol. The second-order valence-electron chi connectivity index (χ2n) is 7.14. The molecule has 0 aromatic rings. The summed E-state index contributed by atoms with van der Waals surface area (Å²) in [5.74, 6) is 0.840. The quantitative estimate of drug-likeness (QED) is 0.732. The molecule has 112 valence electrons. The molecule has 5 heteroatoms. The van der Waals surface area contributed by atoms with E-state index >= 15 is 0 Å². The lowest BCUT2D eigenvalue weighted by atomic mass is 9.69. The highest BCUT2D eigenvalue weighted by molar-refractivity contribution is 7.89. The fraction of sp³-hybridized carbons (Fsp3) is 1.00. The lowest BCUT2D eigenvalue weighted by Crippen LogP contribution is -2.53. The minimum absolute atomic E-state index is 0.0816. The lowest BCUT2D eigenvalue weighted by Gasteiger charge is -2.42. The van der Waals surface area contributed by atoms with Crippen molar-refractivity contribution >= 4 is 10.0 Å². The van der Waals surface area contributed by atoms with E-state index in [9.17, 15) is 8.42 Å². The Bertz CT molecular complexity index is 428. The first kappa shape index (κ1) is 15.3. The summed E-state index contributed by atoms with van der Waals surface area (Å²) in [6, 6.07) is 0.0883. The molecule has 0 amide bonds. The van der Waals surface area contributed by atoms with Gasteiger partial charge >= 0.3 is 0 Å². The molecule has 2 N–H and O–H groups in total. The van der Waals surface area contributed by atoms with Crippen molar-refractivity contribution in [3.8, 4) is 0 Å². The van der Waals surface area contributed by atoms with Crippen molar-refractivity contribution in [2.24, 2.45) is 16.7 Å². The van der Waals surface area contributed by atoms with Gasteiger partial charge in [-0.2, -0.15) is 0 Å². The van der Waals surface area contributed by atoms with Gasteiger partial charge in [0.25, 0.3) is 0 Å². The zero-order valence-corrected chi connectivity index (χ0v) is 13.4. The van der Waals surface area contributed by atoms with E-state index in [0.29, 0.717) is 12.5 Å². The van der Waals surface area contributed by atoms with Crippen molar-refractivity contribution in [2.75, 3.05) is 18.8 Å². The van der Waals surface area contributed by atoms with Crippen molar-refractivity contribution in [2.45, 2.75) is 53.0 Å². The van der Waals surface area contributed by atoms with Crippen LogP contribution in [-0.2, 0) is 10.0 Å². The minimum atomic E-state index is -3.18. The van der Waals surface area contributed by atoms with Crippen molar-refractivity contribution < 1.29 is 8.42 Å². The fourth-order valence-electron chi connectivity index (χ4n) is 4.22. The predicted molar refractivity (Wildman–Crippen MR) is 78.5 cm³/mol. The van der Waals surface area contributed by atoms with E-state index < -0.39 is 10.0 Å². The first-order chi connectivity index (χ1) is 8.71. The van der Waals surface area contributed by atoms with Gasteiger partial charge in [-0.05, 0) is 42.6 Å². The molecule has 0 aliphatic heterocycles. The molecule has 3 unspecified atom stereocenters. The summed E-state index contributed by atoms with van der Waals surface area (Å²) < 4.78 is 27.4. The van der Waals surface area contributed by atoms with Gasteiger partial charge in [0.15, 0.2) is 0 Å². The van der Waals surface area contributed by atoms with E-state index in [1.54, 1.807) is 0 Å².